The molecule has 1 aliphatic rings. The number of hydrogen-bond donors (Lipinski definition) is 1. The van der Waals surface area contributed by atoms with Crippen molar-refractivity contribution in [3.63, 3.8) is 0 Å². The molecule has 1 aromatic rings. The summed E-state index contributed by atoms with van der Waals surface area (Å²) >= 11 is 6.17. The van der Waals surface area contributed by atoms with E-state index >= 15 is 0 Å². The smallest absolute Gasteiger partial charge is 0.254 e. The fourth-order valence-electron chi connectivity index (χ4n) is 2.82. The first-order chi connectivity index (χ1) is 11.0. The van der Waals surface area contributed by atoms with Gasteiger partial charge in [-0.15, -0.1) is 0 Å². The molecule has 0 unspecified atom stereocenters. The molecule has 0 aromatic heterocycles. The van der Waals surface area contributed by atoms with Crippen LogP contribution in [-0.2, 0) is 4.79 Å². The number of likely N-dealkylation sites (tertiary alicyclic amines) is 1. The fraction of sp³-hybridized carbons (Fsp3) is 0.500. The van der Waals surface area contributed by atoms with Crippen LogP contribution < -0.4 is 14.8 Å². The molecule has 1 aliphatic heterocycles. The van der Waals surface area contributed by atoms with Crippen LogP contribution in [0.15, 0.2) is 12.1 Å². The van der Waals surface area contributed by atoms with Gasteiger partial charge in [-0.1, -0.05) is 11.6 Å². The molecule has 1 atom stereocenters. The minimum Gasteiger partial charge on any atom is -0.493 e. The van der Waals surface area contributed by atoms with Crippen molar-refractivity contribution < 1.29 is 19.1 Å². The van der Waals surface area contributed by atoms with E-state index in [0.29, 0.717) is 35.1 Å². The molecular weight excluding hydrogens is 320 g/mol. The normalized spacial score (nSPS) is 17.6. The highest BCUT2D eigenvalue weighted by atomic mass is 35.5. The molecule has 0 spiro atoms. The van der Waals surface area contributed by atoms with Gasteiger partial charge in [0.2, 0.25) is 5.91 Å². The SMILES string of the molecule is CNC(=O)[C@H]1CCCCN1C(=O)c1cc(Cl)c(OC)c(OC)c1. The minimum atomic E-state index is -0.451. The molecule has 0 bridgehead atoms. The van der Waals surface area contributed by atoms with Crippen LogP contribution in [0.2, 0.25) is 5.02 Å². The van der Waals surface area contributed by atoms with Gasteiger partial charge in [0, 0.05) is 19.2 Å². The van der Waals surface area contributed by atoms with Crippen LogP contribution in [0.3, 0.4) is 0 Å². The van der Waals surface area contributed by atoms with Gasteiger partial charge in [0.05, 0.1) is 19.2 Å². The van der Waals surface area contributed by atoms with Gasteiger partial charge in [0.15, 0.2) is 11.5 Å². The molecule has 0 aliphatic carbocycles. The standard InChI is InChI=1S/C16H21ClN2O4/c1-18-15(20)12-6-4-5-7-19(12)16(21)10-8-11(17)14(23-3)13(9-10)22-2/h8-9,12H,4-7H2,1-3H3,(H,18,20)/t12-/m1/s1. The Labute approximate surface area is 140 Å². The van der Waals surface area contributed by atoms with E-state index in [1.807, 2.05) is 0 Å². The van der Waals surface area contributed by atoms with Crippen molar-refractivity contribution >= 4 is 23.4 Å². The lowest BCUT2D eigenvalue weighted by atomic mass is 10.00. The quantitative estimate of drug-likeness (QED) is 0.911. The molecule has 7 heteroatoms. The van der Waals surface area contributed by atoms with E-state index in [1.165, 1.54) is 14.2 Å². The summed E-state index contributed by atoms with van der Waals surface area (Å²) in [5.41, 5.74) is 0.378. The number of halogens is 1. The molecule has 1 N–H and O–H groups in total. The molecule has 6 nitrogen and oxygen atoms in total. The van der Waals surface area contributed by atoms with E-state index in [-0.39, 0.29) is 11.8 Å². The van der Waals surface area contributed by atoms with E-state index in [4.69, 9.17) is 21.1 Å². The minimum absolute atomic E-state index is 0.148. The first-order valence-electron chi connectivity index (χ1n) is 7.47. The molecule has 0 radical (unpaired) electrons. The number of methoxy groups -OCH3 is 2. The van der Waals surface area contributed by atoms with Crippen LogP contribution in [0, 0.1) is 0 Å². The zero-order chi connectivity index (χ0) is 17.0. The largest absolute Gasteiger partial charge is 0.493 e. The summed E-state index contributed by atoms with van der Waals surface area (Å²) in [4.78, 5) is 26.5. The number of carbonyl (C=O) groups is 2. The van der Waals surface area contributed by atoms with Crippen LogP contribution in [0.4, 0.5) is 0 Å². The van der Waals surface area contributed by atoms with Gasteiger partial charge < -0.3 is 19.7 Å². The number of carbonyl (C=O) groups excluding carboxylic acids is 2. The summed E-state index contributed by atoms with van der Waals surface area (Å²) < 4.78 is 10.4. The Morgan fingerprint density at radius 2 is 2.00 bits per heavy atom. The Hall–Kier alpha value is -1.95. The summed E-state index contributed by atoms with van der Waals surface area (Å²) in [7, 11) is 4.54. The predicted molar refractivity (Wildman–Crippen MR) is 87.3 cm³/mol. The van der Waals surface area contributed by atoms with Crippen LogP contribution in [-0.4, -0.2) is 50.6 Å². The van der Waals surface area contributed by atoms with Gasteiger partial charge in [0.1, 0.15) is 6.04 Å². The van der Waals surface area contributed by atoms with Gasteiger partial charge in [-0.05, 0) is 31.4 Å². The summed E-state index contributed by atoms with van der Waals surface area (Å²) in [6, 6.07) is 2.68. The van der Waals surface area contributed by atoms with Gasteiger partial charge >= 0.3 is 0 Å². The van der Waals surface area contributed by atoms with Crippen LogP contribution >= 0.6 is 11.6 Å². The van der Waals surface area contributed by atoms with E-state index in [2.05, 4.69) is 5.32 Å². The average Bonchev–Trinajstić information content (AvgIpc) is 2.59. The number of amides is 2. The highest BCUT2D eigenvalue weighted by Crippen LogP contribution is 2.36. The molecule has 23 heavy (non-hydrogen) atoms. The van der Waals surface area contributed by atoms with Crippen LogP contribution in [0.5, 0.6) is 11.5 Å². The number of benzene rings is 1. The second kappa shape index (κ2) is 7.55. The zero-order valence-corrected chi connectivity index (χ0v) is 14.3. The maximum atomic E-state index is 12.8. The molecule has 1 heterocycles. The van der Waals surface area contributed by atoms with Gasteiger partial charge in [-0.2, -0.15) is 0 Å². The molecule has 2 amide bonds. The van der Waals surface area contributed by atoms with Gasteiger partial charge in [0.25, 0.3) is 5.91 Å². The lowest BCUT2D eigenvalue weighted by Crippen LogP contribution is -2.51. The third-order valence-electron chi connectivity index (χ3n) is 3.99. The lowest BCUT2D eigenvalue weighted by Gasteiger charge is -2.34. The van der Waals surface area contributed by atoms with E-state index < -0.39 is 6.04 Å². The number of nitrogens with zero attached hydrogens (tertiary/aromatic N) is 1. The Morgan fingerprint density at radius 3 is 2.61 bits per heavy atom. The third-order valence-corrected chi connectivity index (χ3v) is 4.27. The summed E-state index contributed by atoms with van der Waals surface area (Å²) in [6.45, 7) is 0.545. The predicted octanol–water partition coefficient (Wildman–Crippen LogP) is 2.10. The average molecular weight is 341 g/mol. The number of rotatable bonds is 4. The summed E-state index contributed by atoms with van der Waals surface area (Å²) in [6.07, 6.45) is 2.46. The van der Waals surface area contributed by atoms with Crippen LogP contribution in [0.1, 0.15) is 29.6 Å². The zero-order valence-electron chi connectivity index (χ0n) is 13.5. The van der Waals surface area contributed by atoms with E-state index in [1.54, 1.807) is 24.1 Å². The van der Waals surface area contributed by atoms with Crippen molar-refractivity contribution in [1.29, 1.82) is 0 Å². The van der Waals surface area contributed by atoms with Crippen LogP contribution in [0.25, 0.3) is 0 Å². The number of piperidine rings is 1. The molecule has 1 fully saturated rings. The number of hydrogen-bond acceptors (Lipinski definition) is 4. The maximum Gasteiger partial charge on any atom is 0.254 e. The molecular formula is C16H21ClN2O4. The number of nitrogens with one attached hydrogen (secondary N) is 1. The van der Waals surface area contributed by atoms with Crippen molar-refractivity contribution in [2.75, 3.05) is 27.8 Å². The molecule has 1 aromatic carbocycles. The fourth-order valence-corrected chi connectivity index (χ4v) is 3.11. The number of ether oxygens (including phenoxy) is 2. The third kappa shape index (κ3) is 3.52. The van der Waals surface area contributed by atoms with Gasteiger partial charge in [-0.25, -0.2) is 0 Å². The van der Waals surface area contributed by atoms with E-state index in [0.717, 1.165) is 12.8 Å². The Morgan fingerprint density at radius 1 is 1.26 bits per heavy atom. The second-order valence-electron chi connectivity index (χ2n) is 5.32. The van der Waals surface area contributed by atoms with Gasteiger partial charge in [-0.3, -0.25) is 9.59 Å². The number of likely N-dealkylation sites (N-methyl/N-ethyl adjacent to an activating group) is 1. The van der Waals surface area contributed by atoms with Crippen molar-refractivity contribution in [2.24, 2.45) is 0 Å². The maximum absolute atomic E-state index is 12.8. The Balaban J connectivity index is 2.35. The lowest BCUT2D eigenvalue weighted by molar-refractivity contribution is -0.126. The highest BCUT2D eigenvalue weighted by molar-refractivity contribution is 6.32. The topological polar surface area (TPSA) is 67.9 Å². The molecule has 2 rings (SSSR count). The molecule has 126 valence electrons. The van der Waals surface area contributed by atoms with Crippen molar-refractivity contribution in [1.82, 2.24) is 10.2 Å². The van der Waals surface area contributed by atoms with E-state index in [9.17, 15) is 9.59 Å². The van der Waals surface area contributed by atoms with Crippen molar-refractivity contribution in [3.05, 3.63) is 22.7 Å². The summed E-state index contributed by atoms with van der Waals surface area (Å²) in [5, 5.41) is 2.91. The Kier molecular flexibility index (Phi) is 5.71. The highest BCUT2D eigenvalue weighted by Gasteiger charge is 2.32. The Bertz CT molecular complexity index is 606. The molecule has 1 saturated heterocycles. The molecule has 0 saturated carbocycles. The first-order valence-corrected chi connectivity index (χ1v) is 7.85. The first kappa shape index (κ1) is 17.4. The second-order valence-corrected chi connectivity index (χ2v) is 5.73. The monoisotopic (exact) mass is 340 g/mol. The van der Waals surface area contributed by atoms with Crippen molar-refractivity contribution in [2.45, 2.75) is 25.3 Å². The van der Waals surface area contributed by atoms with Crippen molar-refractivity contribution in [3.8, 4) is 11.5 Å². The summed E-state index contributed by atoms with van der Waals surface area (Å²) in [5.74, 6) is 0.384.